The summed E-state index contributed by atoms with van der Waals surface area (Å²) in [5, 5.41) is 14.2. The van der Waals surface area contributed by atoms with Gasteiger partial charge in [0.05, 0.1) is 11.1 Å². The van der Waals surface area contributed by atoms with Crippen LogP contribution in [0.4, 0.5) is 4.39 Å². The third kappa shape index (κ3) is 3.44. The molecule has 1 unspecified atom stereocenters. The molecule has 0 aromatic heterocycles. The Balaban J connectivity index is 3.02. The number of carbonyl (C=O) groups excluding carboxylic acids is 1. The number of amidine groups is 1. The Kier molecular flexibility index (Phi) is 4.88. The summed E-state index contributed by atoms with van der Waals surface area (Å²) in [5.74, 6) is -1.41. The zero-order valence-corrected chi connectivity index (χ0v) is 12.2. The highest BCUT2D eigenvalue weighted by Crippen LogP contribution is 2.17. The number of carbonyl (C=O) groups is 1. The van der Waals surface area contributed by atoms with E-state index in [1.807, 2.05) is 0 Å². The molecule has 4 N–H and O–H groups in total. The number of nitrogens with two attached hydrogens (primary N) is 1. The van der Waals surface area contributed by atoms with E-state index in [9.17, 15) is 9.18 Å². The second kappa shape index (κ2) is 6.01. The number of benzene rings is 1. The summed E-state index contributed by atoms with van der Waals surface area (Å²) >= 11 is 3.11. The monoisotopic (exact) mass is 331 g/mol. The molecule has 1 aromatic carbocycles. The fraction of sp³-hybridized carbons (Fsp3) is 0.333. The maximum absolute atomic E-state index is 13.7. The topological polar surface area (TPSA) is 87.7 Å². The van der Waals surface area contributed by atoms with Gasteiger partial charge in [-0.3, -0.25) is 4.79 Å². The molecular weight excluding hydrogens is 317 g/mol. The van der Waals surface area contributed by atoms with Crippen LogP contribution < -0.4 is 11.1 Å². The van der Waals surface area contributed by atoms with Crippen LogP contribution in [0.25, 0.3) is 0 Å². The van der Waals surface area contributed by atoms with Crippen molar-refractivity contribution >= 4 is 27.7 Å². The lowest BCUT2D eigenvalue weighted by molar-refractivity contribution is 0.0921. The minimum atomic E-state index is -1.04. The predicted molar refractivity (Wildman–Crippen MR) is 73.7 cm³/mol. The molecule has 19 heavy (non-hydrogen) atoms. The molecule has 0 saturated heterocycles. The van der Waals surface area contributed by atoms with Gasteiger partial charge in [0.15, 0.2) is 5.84 Å². The number of amides is 1. The van der Waals surface area contributed by atoms with E-state index >= 15 is 0 Å². The first-order valence-electron chi connectivity index (χ1n) is 5.59. The van der Waals surface area contributed by atoms with E-state index in [1.54, 1.807) is 19.9 Å². The lowest BCUT2D eigenvalue weighted by atomic mass is 9.97. The molecule has 0 spiro atoms. The highest BCUT2D eigenvalue weighted by molar-refractivity contribution is 9.10. The first-order valence-corrected chi connectivity index (χ1v) is 6.39. The van der Waals surface area contributed by atoms with Crippen LogP contribution in [0.2, 0.25) is 0 Å². The van der Waals surface area contributed by atoms with Crippen molar-refractivity contribution in [1.29, 1.82) is 0 Å². The fourth-order valence-corrected chi connectivity index (χ4v) is 1.77. The molecule has 0 bridgehead atoms. The van der Waals surface area contributed by atoms with E-state index in [2.05, 4.69) is 26.4 Å². The van der Waals surface area contributed by atoms with E-state index in [0.29, 0.717) is 10.9 Å². The van der Waals surface area contributed by atoms with Crippen LogP contribution in [0.15, 0.2) is 27.8 Å². The highest BCUT2D eigenvalue weighted by Gasteiger charge is 2.30. The van der Waals surface area contributed by atoms with E-state index in [0.717, 1.165) is 0 Å². The zero-order chi connectivity index (χ0) is 14.6. The van der Waals surface area contributed by atoms with Crippen molar-refractivity contribution in [2.75, 3.05) is 0 Å². The number of hydrogen-bond donors (Lipinski definition) is 3. The summed E-state index contributed by atoms with van der Waals surface area (Å²) in [6, 6.07) is 4.11. The van der Waals surface area contributed by atoms with Gasteiger partial charge in [-0.15, -0.1) is 0 Å². The van der Waals surface area contributed by atoms with Crippen molar-refractivity contribution in [2.24, 2.45) is 10.9 Å². The van der Waals surface area contributed by atoms with Crippen molar-refractivity contribution in [3.63, 3.8) is 0 Å². The summed E-state index contributed by atoms with van der Waals surface area (Å²) in [7, 11) is 0. The van der Waals surface area contributed by atoms with Crippen LogP contribution in [0.1, 0.15) is 30.6 Å². The van der Waals surface area contributed by atoms with Gasteiger partial charge in [-0.25, -0.2) is 4.39 Å². The minimum Gasteiger partial charge on any atom is -0.409 e. The molecular formula is C12H15BrFN3O2. The highest BCUT2D eigenvalue weighted by atomic mass is 79.9. The SMILES string of the molecule is CCC(C)(NC(=O)c1ccc(Br)cc1F)/C(N)=N/O. The first kappa shape index (κ1) is 15.4. The molecule has 104 valence electrons. The van der Waals surface area contributed by atoms with Crippen LogP contribution in [-0.4, -0.2) is 22.5 Å². The summed E-state index contributed by atoms with van der Waals surface area (Å²) < 4.78 is 14.2. The Hall–Kier alpha value is -1.63. The average molecular weight is 332 g/mol. The van der Waals surface area contributed by atoms with Gasteiger partial charge in [0.25, 0.3) is 5.91 Å². The van der Waals surface area contributed by atoms with Gasteiger partial charge in [0.2, 0.25) is 0 Å². The Morgan fingerprint density at radius 3 is 2.74 bits per heavy atom. The number of nitrogens with one attached hydrogen (secondary N) is 1. The van der Waals surface area contributed by atoms with Gasteiger partial charge >= 0.3 is 0 Å². The molecule has 0 aliphatic heterocycles. The van der Waals surface area contributed by atoms with Gasteiger partial charge in [-0.2, -0.15) is 0 Å². The summed E-state index contributed by atoms with van der Waals surface area (Å²) in [6.07, 6.45) is 0.396. The van der Waals surface area contributed by atoms with Crippen molar-refractivity contribution in [3.05, 3.63) is 34.1 Å². The number of halogens is 2. The molecule has 7 heteroatoms. The molecule has 5 nitrogen and oxygen atoms in total. The normalized spacial score (nSPS) is 14.8. The van der Waals surface area contributed by atoms with Crippen LogP contribution in [0.5, 0.6) is 0 Å². The van der Waals surface area contributed by atoms with Crippen LogP contribution in [0.3, 0.4) is 0 Å². The fourth-order valence-electron chi connectivity index (χ4n) is 1.44. The maximum Gasteiger partial charge on any atom is 0.255 e. The van der Waals surface area contributed by atoms with Crippen molar-refractivity contribution < 1.29 is 14.4 Å². The summed E-state index contributed by atoms with van der Waals surface area (Å²) in [5.41, 5.74) is 4.40. The molecule has 0 fully saturated rings. The van der Waals surface area contributed by atoms with Gasteiger partial charge in [-0.1, -0.05) is 28.0 Å². The summed E-state index contributed by atoms with van der Waals surface area (Å²) in [6.45, 7) is 3.35. The minimum absolute atomic E-state index is 0.103. The van der Waals surface area contributed by atoms with Crippen molar-refractivity contribution in [1.82, 2.24) is 5.32 Å². The molecule has 0 aliphatic rings. The maximum atomic E-state index is 13.7. The number of nitrogens with zero attached hydrogens (tertiary/aromatic N) is 1. The number of oxime groups is 1. The zero-order valence-electron chi connectivity index (χ0n) is 10.6. The van der Waals surface area contributed by atoms with E-state index in [4.69, 9.17) is 10.9 Å². The van der Waals surface area contributed by atoms with Gasteiger partial charge in [0.1, 0.15) is 5.82 Å². The molecule has 1 atom stereocenters. The average Bonchev–Trinajstić information content (AvgIpc) is 2.37. The number of hydrogen-bond acceptors (Lipinski definition) is 3. The van der Waals surface area contributed by atoms with Crippen molar-refractivity contribution in [3.8, 4) is 0 Å². The van der Waals surface area contributed by atoms with Crippen molar-refractivity contribution in [2.45, 2.75) is 25.8 Å². The largest absolute Gasteiger partial charge is 0.409 e. The molecule has 0 heterocycles. The molecule has 1 aromatic rings. The quantitative estimate of drug-likeness (QED) is 0.342. The second-order valence-corrected chi connectivity index (χ2v) is 5.16. The Bertz CT molecular complexity index is 522. The van der Waals surface area contributed by atoms with E-state index in [1.165, 1.54) is 12.1 Å². The number of rotatable bonds is 4. The summed E-state index contributed by atoms with van der Waals surface area (Å²) in [4.78, 5) is 12.0. The molecule has 1 rings (SSSR count). The van der Waals surface area contributed by atoms with Gasteiger partial charge in [-0.05, 0) is 31.5 Å². The van der Waals surface area contributed by atoms with Crippen LogP contribution in [-0.2, 0) is 0 Å². The Labute approximate surface area is 118 Å². The third-order valence-corrected chi connectivity index (χ3v) is 3.44. The van der Waals surface area contributed by atoms with Crippen LogP contribution in [0, 0.1) is 5.82 Å². The van der Waals surface area contributed by atoms with Crippen LogP contribution >= 0.6 is 15.9 Å². The lowest BCUT2D eigenvalue weighted by Crippen LogP contribution is -2.55. The smallest absolute Gasteiger partial charge is 0.255 e. The van der Waals surface area contributed by atoms with Gasteiger partial charge < -0.3 is 16.3 Å². The predicted octanol–water partition coefficient (Wildman–Crippen LogP) is 2.23. The lowest BCUT2D eigenvalue weighted by Gasteiger charge is -2.28. The van der Waals surface area contributed by atoms with E-state index < -0.39 is 17.3 Å². The molecule has 0 aliphatic carbocycles. The van der Waals surface area contributed by atoms with Gasteiger partial charge in [0, 0.05) is 4.47 Å². The third-order valence-electron chi connectivity index (χ3n) is 2.95. The molecule has 0 saturated carbocycles. The molecule has 0 radical (unpaired) electrons. The second-order valence-electron chi connectivity index (χ2n) is 4.25. The standard InChI is InChI=1S/C12H15BrFN3O2/c1-3-12(2,11(15)17-19)16-10(18)8-5-4-7(13)6-9(8)14/h4-6,19H,3H2,1-2H3,(H2,15,17)(H,16,18). The molecule has 1 amide bonds. The Morgan fingerprint density at radius 2 is 2.26 bits per heavy atom. The Morgan fingerprint density at radius 1 is 1.63 bits per heavy atom. The van der Waals surface area contributed by atoms with E-state index in [-0.39, 0.29) is 11.4 Å². The first-order chi connectivity index (χ1) is 8.84.